The largest absolute Gasteiger partial charge is 0.453 e. The highest BCUT2D eigenvalue weighted by atomic mass is 16.6. The maximum atomic E-state index is 12.3. The topological polar surface area (TPSA) is 75.6 Å². The van der Waals surface area contributed by atoms with Gasteiger partial charge in [0, 0.05) is 5.92 Å². The summed E-state index contributed by atoms with van der Waals surface area (Å²) in [6.07, 6.45) is 5.87. The first-order valence-corrected chi connectivity index (χ1v) is 7.75. The molecular weight excluding hydrogens is 270 g/mol. The molecule has 0 aromatic rings. The van der Waals surface area contributed by atoms with Crippen LogP contribution < -0.4 is 5.32 Å². The second kappa shape index (κ2) is 4.57. The first-order chi connectivity index (χ1) is 9.84. The van der Waals surface area contributed by atoms with Crippen molar-refractivity contribution in [3.63, 3.8) is 0 Å². The number of nitrogens with one attached hydrogen (secondary N) is 1. The molecule has 1 aliphatic carbocycles. The van der Waals surface area contributed by atoms with Gasteiger partial charge < -0.3 is 15.2 Å². The van der Waals surface area contributed by atoms with Crippen molar-refractivity contribution in [3.8, 4) is 0 Å². The summed E-state index contributed by atoms with van der Waals surface area (Å²) >= 11 is 0. The number of carbonyl (C=O) groups excluding carboxylic acids is 2. The van der Waals surface area contributed by atoms with Gasteiger partial charge in [0.15, 0.2) is 5.60 Å². The number of ether oxygens (including phenoxy) is 1. The number of esters is 1. The van der Waals surface area contributed by atoms with Crippen LogP contribution >= 0.6 is 0 Å². The number of allylic oxidation sites excluding steroid dienone is 1. The first kappa shape index (κ1) is 14.6. The number of carbonyl (C=O) groups is 2. The molecule has 2 fully saturated rings. The number of hydrogen-bond donors (Lipinski definition) is 2. The quantitative estimate of drug-likeness (QED) is 0.605. The van der Waals surface area contributed by atoms with Gasteiger partial charge in [-0.15, -0.1) is 0 Å². The van der Waals surface area contributed by atoms with Crippen LogP contribution in [-0.4, -0.2) is 34.2 Å². The third-order valence-corrected chi connectivity index (χ3v) is 5.41. The molecule has 3 rings (SSSR count). The predicted octanol–water partition coefficient (Wildman–Crippen LogP) is 1.16. The summed E-state index contributed by atoms with van der Waals surface area (Å²) in [6, 6.07) is 0. The Morgan fingerprint density at radius 1 is 1.43 bits per heavy atom. The van der Waals surface area contributed by atoms with E-state index in [1.165, 1.54) is 0 Å². The van der Waals surface area contributed by atoms with Crippen molar-refractivity contribution in [3.05, 3.63) is 12.2 Å². The van der Waals surface area contributed by atoms with Gasteiger partial charge in [0.1, 0.15) is 0 Å². The van der Waals surface area contributed by atoms with Gasteiger partial charge in [-0.2, -0.15) is 0 Å². The van der Waals surface area contributed by atoms with E-state index in [1.807, 2.05) is 26.0 Å². The lowest BCUT2D eigenvalue weighted by molar-refractivity contribution is -0.240. The highest BCUT2D eigenvalue weighted by Gasteiger charge is 2.79. The maximum Gasteiger partial charge on any atom is 0.339 e. The summed E-state index contributed by atoms with van der Waals surface area (Å²) in [7, 11) is 0. The Labute approximate surface area is 124 Å². The molecule has 5 heteroatoms. The van der Waals surface area contributed by atoms with E-state index < -0.39 is 29.1 Å². The van der Waals surface area contributed by atoms with Gasteiger partial charge in [-0.05, 0) is 32.1 Å². The summed E-state index contributed by atoms with van der Waals surface area (Å²) in [5.74, 6) is -1.20. The van der Waals surface area contributed by atoms with Crippen molar-refractivity contribution in [2.24, 2.45) is 17.8 Å². The molecule has 2 aliphatic heterocycles. The lowest BCUT2D eigenvalue weighted by Gasteiger charge is -2.55. The Morgan fingerprint density at radius 2 is 2.14 bits per heavy atom. The standard InChI is InChI=1S/C16H23NO4/c1-9(2)11-13(19)17-16(14(20)21-15(11,16)3)12(18)10-7-5-4-6-8-10/h5,7,9-12,18H,4,6,8H2,1-3H3,(H,17,19)/t10-,11+,12+,15+,16+/m1/s1. The second-order valence-electron chi connectivity index (χ2n) is 6.98. The van der Waals surface area contributed by atoms with Gasteiger partial charge in [-0.1, -0.05) is 26.0 Å². The van der Waals surface area contributed by atoms with E-state index in [9.17, 15) is 14.7 Å². The van der Waals surface area contributed by atoms with Crippen LogP contribution in [0.4, 0.5) is 0 Å². The molecule has 0 radical (unpaired) electrons. The normalized spacial score (nSPS) is 43.1. The van der Waals surface area contributed by atoms with Crippen molar-refractivity contribution in [2.45, 2.75) is 57.3 Å². The zero-order chi connectivity index (χ0) is 15.4. The van der Waals surface area contributed by atoms with E-state index in [-0.39, 0.29) is 17.7 Å². The van der Waals surface area contributed by atoms with Crippen LogP contribution in [0, 0.1) is 17.8 Å². The van der Waals surface area contributed by atoms with Crippen molar-refractivity contribution in [1.82, 2.24) is 5.32 Å². The van der Waals surface area contributed by atoms with Crippen LogP contribution in [0.25, 0.3) is 0 Å². The van der Waals surface area contributed by atoms with E-state index in [0.717, 1.165) is 19.3 Å². The minimum Gasteiger partial charge on any atom is -0.453 e. The fraction of sp³-hybridized carbons (Fsp3) is 0.750. The zero-order valence-corrected chi connectivity index (χ0v) is 12.8. The molecule has 5 atom stereocenters. The maximum absolute atomic E-state index is 12.3. The van der Waals surface area contributed by atoms with E-state index >= 15 is 0 Å². The van der Waals surface area contributed by atoms with Crippen LogP contribution in [0.5, 0.6) is 0 Å². The summed E-state index contributed by atoms with van der Waals surface area (Å²) in [6.45, 7) is 5.64. The SMILES string of the molecule is CC(C)[C@H]1C(=O)N[C@@]2([C@@H](O)[C@@H]3C=CCCC3)C(=O)O[C@@]12C. The molecule has 3 aliphatic rings. The third kappa shape index (κ3) is 1.67. The highest BCUT2D eigenvalue weighted by molar-refractivity contribution is 6.02. The van der Waals surface area contributed by atoms with Crippen molar-refractivity contribution in [2.75, 3.05) is 0 Å². The van der Waals surface area contributed by atoms with Gasteiger partial charge in [-0.3, -0.25) is 4.79 Å². The van der Waals surface area contributed by atoms with Gasteiger partial charge in [0.05, 0.1) is 12.0 Å². The van der Waals surface area contributed by atoms with Crippen LogP contribution in [0.2, 0.25) is 0 Å². The number of rotatable bonds is 3. The molecule has 0 aromatic heterocycles. The molecule has 0 bridgehead atoms. The minimum atomic E-state index is -1.29. The Balaban J connectivity index is 1.98. The number of hydrogen-bond acceptors (Lipinski definition) is 4. The predicted molar refractivity (Wildman–Crippen MR) is 76.2 cm³/mol. The van der Waals surface area contributed by atoms with Crippen LogP contribution in [-0.2, 0) is 14.3 Å². The molecule has 0 spiro atoms. The summed E-state index contributed by atoms with van der Waals surface area (Å²) in [4.78, 5) is 24.6. The summed E-state index contributed by atoms with van der Waals surface area (Å²) < 4.78 is 5.40. The molecule has 2 saturated heterocycles. The van der Waals surface area contributed by atoms with Gasteiger partial charge >= 0.3 is 5.97 Å². The monoisotopic (exact) mass is 293 g/mol. The molecule has 2 heterocycles. The summed E-state index contributed by atoms with van der Waals surface area (Å²) in [5.41, 5.74) is -2.24. The Bertz CT molecular complexity index is 514. The van der Waals surface area contributed by atoms with Gasteiger partial charge in [0.25, 0.3) is 0 Å². The van der Waals surface area contributed by atoms with Crippen molar-refractivity contribution >= 4 is 11.9 Å². The second-order valence-corrected chi connectivity index (χ2v) is 6.98. The lowest BCUT2D eigenvalue weighted by atomic mass is 9.63. The Kier molecular flexibility index (Phi) is 3.17. The van der Waals surface area contributed by atoms with Crippen molar-refractivity contribution < 1.29 is 19.4 Å². The van der Waals surface area contributed by atoms with Crippen LogP contribution in [0.1, 0.15) is 40.0 Å². The molecule has 0 saturated carbocycles. The average molecular weight is 293 g/mol. The Morgan fingerprint density at radius 3 is 2.67 bits per heavy atom. The van der Waals surface area contributed by atoms with Gasteiger partial charge in [0.2, 0.25) is 11.4 Å². The minimum absolute atomic E-state index is 0.0408. The third-order valence-electron chi connectivity index (χ3n) is 5.41. The molecule has 1 amide bonds. The van der Waals surface area contributed by atoms with Crippen molar-refractivity contribution in [1.29, 1.82) is 0 Å². The van der Waals surface area contributed by atoms with E-state index in [4.69, 9.17) is 4.74 Å². The number of fused-ring (bicyclic) bond motifs is 1. The van der Waals surface area contributed by atoms with E-state index in [0.29, 0.717) is 0 Å². The molecular formula is C16H23NO4. The smallest absolute Gasteiger partial charge is 0.339 e. The lowest BCUT2D eigenvalue weighted by Crippen LogP contribution is -2.80. The van der Waals surface area contributed by atoms with Crippen LogP contribution in [0.15, 0.2) is 12.2 Å². The zero-order valence-electron chi connectivity index (χ0n) is 12.8. The highest BCUT2D eigenvalue weighted by Crippen LogP contribution is 2.54. The molecule has 0 aromatic carbocycles. The fourth-order valence-electron chi connectivity index (χ4n) is 4.37. The van der Waals surface area contributed by atoms with Gasteiger partial charge in [-0.25, -0.2) is 4.79 Å². The molecule has 116 valence electrons. The molecule has 0 unspecified atom stereocenters. The average Bonchev–Trinajstić information content (AvgIpc) is 2.62. The first-order valence-electron chi connectivity index (χ1n) is 7.75. The Hall–Kier alpha value is -1.36. The molecule has 21 heavy (non-hydrogen) atoms. The number of aliphatic hydroxyl groups excluding tert-OH is 1. The van der Waals surface area contributed by atoms with Crippen LogP contribution in [0.3, 0.4) is 0 Å². The molecule has 2 N–H and O–H groups in total. The van der Waals surface area contributed by atoms with E-state index in [2.05, 4.69) is 5.32 Å². The molecule has 5 nitrogen and oxygen atoms in total. The number of aliphatic hydroxyl groups is 1. The fourth-order valence-corrected chi connectivity index (χ4v) is 4.37. The van der Waals surface area contributed by atoms with E-state index in [1.54, 1.807) is 6.92 Å². The number of amides is 1. The summed E-state index contributed by atoms with van der Waals surface area (Å²) in [5, 5.41) is 13.6.